The van der Waals surface area contributed by atoms with Crippen molar-refractivity contribution in [2.24, 2.45) is 0 Å². The van der Waals surface area contributed by atoms with E-state index in [1.165, 1.54) is 21.9 Å². The van der Waals surface area contributed by atoms with Gasteiger partial charge in [-0.2, -0.15) is 30.3 Å². The number of hydrogen-bond donors (Lipinski definition) is 0. The van der Waals surface area contributed by atoms with Crippen molar-refractivity contribution in [2.75, 3.05) is 6.61 Å². The van der Waals surface area contributed by atoms with Crippen molar-refractivity contribution in [3.8, 4) is 0 Å². The van der Waals surface area contributed by atoms with Crippen LogP contribution >= 0.6 is 13.6 Å². The third-order valence-corrected chi connectivity index (χ3v) is 1.26. The summed E-state index contributed by atoms with van der Waals surface area (Å²) in [5, 5.41) is 0. The first-order valence-corrected chi connectivity index (χ1v) is 10.7. The van der Waals surface area contributed by atoms with Crippen LogP contribution in [0.4, 0.5) is 0 Å². The second-order valence-electron chi connectivity index (χ2n) is 2.05. The molecule has 0 radical (unpaired) electrons. The Hall–Kier alpha value is 0.283. The predicted octanol–water partition coefficient (Wildman–Crippen LogP) is 2.87. The fourth-order valence-corrected chi connectivity index (χ4v) is 0.738. The van der Waals surface area contributed by atoms with Gasteiger partial charge < -0.3 is 4.74 Å². The Morgan fingerprint density at radius 1 is 1.42 bits per heavy atom. The van der Waals surface area contributed by atoms with E-state index < -0.39 is 0 Å². The SMILES string of the molecule is CCOCc1cc[c-]cc1.[Zn+][Br]. The summed E-state index contributed by atoms with van der Waals surface area (Å²) in [5.41, 5.74) is 1.21. The van der Waals surface area contributed by atoms with E-state index in [2.05, 4.69) is 19.7 Å². The predicted molar refractivity (Wildman–Crippen MR) is 49.5 cm³/mol. The van der Waals surface area contributed by atoms with Crippen LogP contribution in [0, 0.1) is 6.07 Å². The molecule has 0 heterocycles. The molecule has 0 fully saturated rings. The average molecular weight is 280 g/mol. The molecule has 1 rings (SSSR count). The van der Waals surface area contributed by atoms with E-state index in [1.54, 1.807) is 0 Å². The molecule has 0 amide bonds. The van der Waals surface area contributed by atoms with E-state index in [-0.39, 0.29) is 0 Å². The van der Waals surface area contributed by atoms with Crippen LogP contribution in [0.1, 0.15) is 12.5 Å². The standard InChI is InChI=1S/C9H11O.BrH.Zn/c1-2-10-8-9-6-4-3-5-7-9;;/h4-7H,2,8H2,1H3;1H;/q-1;;+2/p-1. The van der Waals surface area contributed by atoms with Crippen LogP contribution in [0.2, 0.25) is 0 Å². The van der Waals surface area contributed by atoms with Crippen LogP contribution in [-0.4, -0.2) is 6.61 Å². The van der Waals surface area contributed by atoms with Crippen LogP contribution < -0.4 is 0 Å². The molecule has 0 N–H and O–H groups in total. The van der Waals surface area contributed by atoms with Gasteiger partial charge in [0.05, 0.1) is 0 Å². The molecule has 0 aliphatic carbocycles. The Balaban J connectivity index is 0.000000561. The second-order valence-corrected chi connectivity index (χ2v) is 2.05. The van der Waals surface area contributed by atoms with Crippen molar-refractivity contribution in [3.05, 3.63) is 35.9 Å². The summed E-state index contributed by atoms with van der Waals surface area (Å²) in [6.07, 6.45) is 0. The van der Waals surface area contributed by atoms with E-state index in [0.29, 0.717) is 6.61 Å². The first-order valence-electron chi connectivity index (χ1n) is 3.73. The minimum absolute atomic E-state index is 0.713. The van der Waals surface area contributed by atoms with Gasteiger partial charge in [-0.15, -0.1) is 5.56 Å². The van der Waals surface area contributed by atoms with Crippen LogP contribution in [0.5, 0.6) is 0 Å². The number of ether oxygens (including phenoxy) is 1. The molecule has 0 saturated carbocycles. The molecule has 62 valence electrons. The Bertz CT molecular complexity index is 179. The molecule has 0 saturated heterocycles. The number of benzene rings is 1. The maximum absolute atomic E-state index is 5.21. The van der Waals surface area contributed by atoms with Crippen molar-refractivity contribution in [2.45, 2.75) is 13.5 Å². The van der Waals surface area contributed by atoms with Gasteiger partial charge in [-0.3, -0.25) is 0 Å². The van der Waals surface area contributed by atoms with E-state index in [1.807, 2.05) is 31.2 Å². The molecule has 0 aromatic heterocycles. The fraction of sp³-hybridized carbons (Fsp3) is 0.333. The summed E-state index contributed by atoms with van der Waals surface area (Å²) < 4.78 is 5.21. The van der Waals surface area contributed by atoms with Gasteiger partial charge in [0.2, 0.25) is 0 Å². The summed E-state index contributed by atoms with van der Waals surface area (Å²) in [5.74, 6) is 0. The van der Waals surface area contributed by atoms with Crippen LogP contribution in [-0.2, 0) is 27.7 Å². The molecule has 3 heteroatoms. The van der Waals surface area contributed by atoms with Gasteiger partial charge in [0, 0.05) is 13.2 Å². The maximum atomic E-state index is 5.21. The molecule has 1 aromatic rings. The number of halogens is 1. The zero-order valence-electron chi connectivity index (χ0n) is 7.22. The van der Waals surface area contributed by atoms with Gasteiger partial charge >= 0.3 is 30.0 Å². The van der Waals surface area contributed by atoms with Crippen molar-refractivity contribution >= 4 is 13.6 Å². The third-order valence-electron chi connectivity index (χ3n) is 1.26. The zero-order valence-corrected chi connectivity index (χ0v) is 11.8. The molecular formula is C9H11BrOZn. The van der Waals surface area contributed by atoms with Crippen molar-refractivity contribution in [1.82, 2.24) is 0 Å². The monoisotopic (exact) mass is 278 g/mol. The molecular weight excluding hydrogens is 269 g/mol. The van der Waals surface area contributed by atoms with Gasteiger partial charge in [-0.05, 0) is 6.92 Å². The van der Waals surface area contributed by atoms with Gasteiger partial charge in [0.25, 0.3) is 0 Å². The first kappa shape index (κ1) is 12.3. The van der Waals surface area contributed by atoms with Crippen LogP contribution in [0.25, 0.3) is 0 Å². The van der Waals surface area contributed by atoms with E-state index in [4.69, 9.17) is 4.74 Å². The molecule has 12 heavy (non-hydrogen) atoms. The summed E-state index contributed by atoms with van der Waals surface area (Å²) in [7, 11) is 0. The molecule has 0 bridgehead atoms. The number of hydrogen-bond acceptors (Lipinski definition) is 1. The van der Waals surface area contributed by atoms with Gasteiger partial charge in [0.1, 0.15) is 0 Å². The summed E-state index contributed by atoms with van der Waals surface area (Å²) in [6.45, 7) is 3.48. The number of rotatable bonds is 3. The normalized spacial score (nSPS) is 8.67. The van der Waals surface area contributed by atoms with Gasteiger partial charge in [0.15, 0.2) is 0 Å². The van der Waals surface area contributed by atoms with E-state index >= 15 is 0 Å². The minimum atomic E-state index is 0.713. The molecule has 0 unspecified atom stereocenters. The Labute approximate surface area is 90.5 Å². The van der Waals surface area contributed by atoms with Gasteiger partial charge in [-0.25, -0.2) is 0 Å². The summed E-state index contributed by atoms with van der Waals surface area (Å²) >= 11 is 4.25. The summed E-state index contributed by atoms with van der Waals surface area (Å²) in [4.78, 5) is 0. The Morgan fingerprint density at radius 2 is 2.00 bits per heavy atom. The Morgan fingerprint density at radius 3 is 2.50 bits per heavy atom. The second kappa shape index (κ2) is 9.37. The van der Waals surface area contributed by atoms with Crippen molar-refractivity contribution in [3.63, 3.8) is 0 Å². The van der Waals surface area contributed by atoms with Crippen LogP contribution in [0.3, 0.4) is 0 Å². The summed E-state index contributed by atoms with van der Waals surface area (Å²) in [6, 6.07) is 10.8. The molecule has 0 aliphatic heterocycles. The molecule has 0 aliphatic rings. The Kier molecular flexibility index (Phi) is 9.59. The quantitative estimate of drug-likeness (QED) is 0.611. The van der Waals surface area contributed by atoms with Crippen molar-refractivity contribution < 1.29 is 21.1 Å². The van der Waals surface area contributed by atoms with Gasteiger partial charge in [-0.1, -0.05) is 0 Å². The van der Waals surface area contributed by atoms with Crippen molar-refractivity contribution in [1.29, 1.82) is 0 Å². The third kappa shape index (κ3) is 5.87. The molecule has 0 atom stereocenters. The first-order chi connectivity index (χ1) is 5.93. The molecule has 0 spiro atoms. The average Bonchev–Trinajstić information content (AvgIpc) is 2.19. The fourth-order valence-electron chi connectivity index (χ4n) is 0.738. The van der Waals surface area contributed by atoms with E-state index in [0.717, 1.165) is 6.61 Å². The topological polar surface area (TPSA) is 9.23 Å². The van der Waals surface area contributed by atoms with E-state index in [9.17, 15) is 0 Å². The zero-order chi connectivity index (χ0) is 9.23. The molecule has 1 aromatic carbocycles. The molecule has 1 nitrogen and oxygen atoms in total. The van der Waals surface area contributed by atoms with Crippen LogP contribution in [0.15, 0.2) is 24.3 Å².